The van der Waals surface area contributed by atoms with E-state index in [2.05, 4.69) is 5.32 Å². The van der Waals surface area contributed by atoms with Gasteiger partial charge >= 0.3 is 0 Å². The predicted octanol–water partition coefficient (Wildman–Crippen LogP) is 5.70. The molecule has 1 fully saturated rings. The van der Waals surface area contributed by atoms with Gasteiger partial charge in [-0.2, -0.15) is 0 Å². The van der Waals surface area contributed by atoms with Crippen molar-refractivity contribution >= 4 is 40.7 Å². The summed E-state index contributed by atoms with van der Waals surface area (Å²) in [6, 6.07) is 10.5. The highest BCUT2D eigenvalue weighted by Gasteiger charge is 2.31. The van der Waals surface area contributed by atoms with Crippen molar-refractivity contribution in [3.63, 3.8) is 0 Å². The van der Waals surface area contributed by atoms with Crippen LogP contribution in [0.2, 0.25) is 10.0 Å². The van der Waals surface area contributed by atoms with Crippen LogP contribution in [-0.2, 0) is 22.6 Å². The number of nitro benzene ring substituents is 1. The Morgan fingerprint density at radius 2 is 1.82 bits per heavy atom. The third-order valence-electron chi connectivity index (χ3n) is 6.22. The quantitative estimate of drug-likeness (QED) is 0.349. The number of hydrogen-bond acceptors (Lipinski definition) is 4. The Balaban J connectivity index is 1.89. The number of nitro groups is 1. The van der Waals surface area contributed by atoms with Gasteiger partial charge in [0.1, 0.15) is 6.04 Å². The molecule has 9 heteroatoms. The van der Waals surface area contributed by atoms with Gasteiger partial charge in [0.2, 0.25) is 11.8 Å². The van der Waals surface area contributed by atoms with Gasteiger partial charge in [0.05, 0.1) is 11.3 Å². The lowest BCUT2D eigenvalue weighted by Crippen LogP contribution is -2.52. The smallest absolute Gasteiger partial charge is 0.273 e. The van der Waals surface area contributed by atoms with E-state index in [-0.39, 0.29) is 36.5 Å². The third-order valence-corrected chi connectivity index (χ3v) is 6.81. The van der Waals surface area contributed by atoms with Crippen LogP contribution in [0, 0.1) is 10.1 Å². The molecule has 1 unspecified atom stereocenters. The van der Waals surface area contributed by atoms with Crippen LogP contribution in [0.25, 0.3) is 0 Å². The van der Waals surface area contributed by atoms with E-state index < -0.39 is 11.0 Å². The first-order valence-electron chi connectivity index (χ1n) is 11.6. The van der Waals surface area contributed by atoms with Crippen molar-refractivity contribution in [3.8, 4) is 0 Å². The molecule has 0 bridgehead atoms. The average molecular weight is 506 g/mol. The van der Waals surface area contributed by atoms with Crippen LogP contribution in [-0.4, -0.2) is 33.7 Å². The van der Waals surface area contributed by atoms with Gasteiger partial charge in [-0.1, -0.05) is 73.7 Å². The molecular formula is C25H29Cl2N3O4. The fourth-order valence-corrected chi connectivity index (χ4v) is 4.87. The monoisotopic (exact) mass is 505 g/mol. The van der Waals surface area contributed by atoms with Gasteiger partial charge in [0.15, 0.2) is 0 Å². The van der Waals surface area contributed by atoms with E-state index in [0.717, 1.165) is 25.7 Å². The van der Waals surface area contributed by atoms with Gasteiger partial charge in [0, 0.05) is 34.3 Å². The van der Waals surface area contributed by atoms with Crippen molar-refractivity contribution in [3.05, 3.63) is 73.8 Å². The van der Waals surface area contributed by atoms with E-state index in [1.54, 1.807) is 36.4 Å². The van der Waals surface area contributed by atoms with Crippen LogP contribution >= 0.6 is 23.2 Å². The van der Waals surface area contributed by atoms with E-state index in [9.17, 15) is 19.7 Å². The summed E-state index contributed by atoms with van der Waals surface area (Å²) < 4.78 is 0. The normalized spacial score (nSPS) is 14.9. The van der Waals surface area contributed by atoms with E-state index in [1.807, 2.05) is 6.92 Å². The zero-order valence-electron chi connectivity index (χ0n) is 19.1. The first-order chi connectivity index (χ1) is 16.3. The fraction of sp³-hybridized carbons (Fsp3) is 0.440. The number of halogens is 2. The van der Waals surface area contributed by atoms with Crippen LogP contribution < -0.4 is 5.32 Å². The van der Waals surface area contributed by atoms with Crippen LogP contribution in [0.15, 0.2) is 42.5 Å². The summed E-state index contributed by atoms with van der Waals surface area (Å²) in [7, 11) is 0. The van der Waals surface area contributed by atoms with Gasteiger partial charge < -0.3 is 10.2 Å². The van der Waals surface area contributed by atoms with E-state index >= 15 is 0 Å². The second kappa shape index (κ2) is 12.2. The summed E-state index contributed by atoms with van der Waals surface area (Å²) >= 11 is 12.4. The summed E-state index contributed by atoms with van der Waals surface area (Å²) in [5, 5.41) is 15.4. The van der Waals surface area contributed by atoms with Crippen LogP contribution in [0.5, 0.6) is 0 Å². The zero-order chi connectivity index (χ0) is 24.7. The molecule has 0 aliphatic heterocycles. The second-order valence-corrected chi connectivity index (χ2v) is 9.43. The number of benzene rings is 2. The van der Waals surface area contributed by atoms with Gasteiger partial charge in [0.25, 0.3) is 5.69 Å². The summed E-state index contributed by atoms with van der Waals surface area (Å²) in [5.41, 5.74) is 0.818. The van der Waals surface area contributed by atoms with Crippen molar-refractivity contribution in [1.82, 2.24) is 10.2 Å². The topological polar surface area (TPSA) is 92.6 Å². The summed E-state index contributed by atoms with van der Waals surface area (Å²) in [4.78, 5) is 39.2. The van der Waals surface area contributed by atoms with Crippen molar-refractivity contribution in [1.29, 1.82) is 0 Å². The van der Waals surface area contributed by atoms with E-state index in [0.29, 0.717) is 27.6 Å². The molecule has 0 saturated heterocycles. The molecule has 1 aliphatic rings. The first kappa shape index (κ1) is 26.0. The highest BCUT2D eigenvalue weighted by atomic mass is 35.5. The average Bonchev–Trinajstić information content (AvgIpc) is 2.81. The number of carbonyl (C=O) groups excluding carboxylic acids is 2. The number of nitrogens with zero attached hydrogens (tertiary/aromatic N) is 2. The maximum atomic E-state index is 13.5. The molecule has 2 aromatic rings. The zero-order valence-corrected chi connectivity index (χ0v) is 20.6. The lowest BCUT2D eigenvalue weighted by atomic mass is 9.95. The molecule has 2 amide bonds. The minimum Gasteiger partial charge on any atom is -0.352 e. The molecular weight excluding hydrogens is 477 g/mol. The van der Waals surface area contributed by atoms with Crippen LogP contribution in [0.1, 0.15) is 56.6 Å². The Hall–Kier alpha value is -2.64. The molecule has 34 heavy (non-hydrogen) atoms. The molecule has 1 atom stereocenters. The molecule has 7 nitrogen and oxygen atoms in total. The highest BCUT2D eigenvalue weighted by molar-refractivity contribution is 6.35. The maximum Gasteiger partial charge on any atom is 0.273 e. The third kappa shape index (κ3) is 6.70. The lowest BCUT2D eigenvalue weighted by Gasteiger charge is -2.33. The number of rotatable bonds is 9. The molecule has 2 aromatic carbocycles. The van der Waals surface area contributed by atoms with Crippen molar-refractivity contribution in [2.24, 2.45) is 0 Å². The SMILES string of the molecule is CCC(C(=O)NC1CCCCC1)N(Cc1ccc(Cl)cc1Cl)C(=O)Cc1ccccc1[N+](=O)[O-]. The fourth-order valence-electron chi connectivity index (χ4n) is 4.40. The molecule has 1 N–H and O–H groups in total. The molecule has 1 saturated carbocycles. The van der Waals surface area contributed by atoms with Gasteiger partial charge in [-0.15, -0.1) is 0 Å². The molecule has 0 spiro atoms. The van der Waals surface area contributed by atoms with Crippen molar-refractivity contribution in [2.45, 2.75) is 70.5 Å². The summed E-state index contributed by atoms with van der Waals surface area (Å²) in [6.07, 6.45) is 5.36. The Morgan fingerprint density at radius 1 is 1.12 bits per heavy atom. The minimum atomic E-state index is -0.732. The Kier molecular flexibility index (Phi) is 9.30. The van der Waals surface area contributed by atoms with E-state index in [1.165, 1.54) is 17.4 Å². The number of nitrogens with one attached hydrogen (secondary N) is 1. The van der Waals surface area contributed by atoms with Crippen molar-refractivity contribution in [2.75, 3.05) is 0 Å². The molecule has 3 rings (SSSR count). The summed E-state index contributed by atoms with van der Waals surface area (Å²) in [6.45, 7) is 1.94. The molecule has 0 aromatic heterocycles. The highest BCUT2D eigenvalue weighted by Crippen LogP contribution is 2.26. The predicted molar refractivity (Wildman–Crippen MR) is 133 cm³/mol. The minimum absolute atomic E-state index is 0.0893. The molecule has 1 aliphatic carbocycles. The Bertz CT molecular complexity index is 1040. The second-order valence-electron chi connectivity index (χ2n) is 8.59. The molecule has 0 heterocycles. The first-order valence-corrected chi connectivity index (χ1v) is 12.3. The van der Waals surface area contributed by atoms with Crippen LogP contribution in [0.3, 0.4) is 0 Å². The van der Waals surface area contributed by atoms with Crippen molar-refractivity contribution < 1.29 is 14.5 Å². The lowest BCUT2D eigenvalue weighted by molar-refractivity contribution is -0.385. The Morgan fingerprint density at radius 3 is 2.47 bits per heavy atom. The van der Waals surface area contributed by atoms with Gasteiger partial charge in [-0.3, -0.25) is 19.7 Å². The standard InChI is InChI=1S/C25H29Cl2N3O4/c1-2-22(25(32)28-20-9-4-3-5-10-20)29(16-18-12-13-19(26)15-21(18)27)24(31)14-17-8-6-7-11-23(17)30(33)34/h6-8,11-13,15,20,22H,2-5,9-10,14,16H2,1H3,(H,28,32). The van der Waals surface area contributed by atoms with Gasteiger partial charge in [-0.05, 0) is 37.0 Å². The number of carbonyl (C=O) groups is 2. The number of amides is 2. The molecule has 182 valence electrons. The maximum absolute atomic E-state index is 13.5. The molecule has 0 radical (unpaired) electrons. The van der Waals surface area contributed by atoms with E-state index in [4.69, 9.17) is 23.2 Å². The Labute approximate surface area is 209 Å². The van der Waals surface area contributed by atoms with Gasteiger partial charge in [-0.25, -0.2) is 0 Å². The largest absolute Gasteiger partial charge is 0.352 e. The van der Waals surface area contributed by atoms with Crippen LogP contribution in [0.4, 0.5) is 5.69 Å². The summed E-state index contributed by atoms with van der Waals surface area (Å²) in [5.74, 6) is -0.596. The number of para-hydroxylation sites is 1. The number of hydrogen-bond donors (Lipinski definition) is 1.